The normalized spacial score (nSPS) is 22.8. The van der Waals surface area contributed by atoms with Crippen molar-refractivity contribution in [2.45, 2.75) is 51.1 Å². The summed E-state index contributed by atoms with van der Waals surface area (Å²) in [5, 5.41) is 12.9. The molecule has 2 heteroatoms. The quantitative estimate of drug-likeness (QED) is 0.613. The fourth-order valence-electron chi connectivity index (χ4n) is 2.02. The van der Waals surface area contributed by atoms with Gasteiger partial charge in [0.05, 0.1) is 6.61 Å². The molecule has 0 amide bonds. The van der Waals surface area contributed by atoms with Gasteiger partial charge in [-0.15, -0.1) is 6.58 Å². The molecule has 0 saturated heterocycles. The first-order valence-electron chi connectivity index (χ1n) is 5.62. The lowest BCUT2D eigenvalue weighted by Crippen LogP contribution is -2.51. The molecule has 14 heavy (non-hydrogen) atoms. The van der Waals surface area contributed by atoms with Crippen LogP contribution >= 0.6 is 0 Å². The Morgan fingerprint density at radius 3 is 2.71 bits per heavy atom. The first kappa shape index (κ1) is 11.7. The molecule has 2 nitrogen and oxygen atoms in total. The fraction of sp³-hybridized carbons (Fsp3) is 0.833. The van der Waals surface area contributed by atoms with Gasteiger partial charge in [-0.3, -0.25) is 0 Å². The highest BCUT2D eigenvalue weighted by Crippen LogP contribution is 2.39. The lowest BCUT2D eigenvalue weighted by atomic mass is 9.95. The molecule has 1 saturated carbocycles. The Balaban J connectivity index is 2.34. The maximum Gasteiger partial charge on any atom is 0.0613 e. The van der Waals surface area contributed by atoms with Gasteiger partial charge in [0.1, 0.15) is 0 Å². The minimum atomic E-state index is -0.0550. The Hall–Kier alpha value is -0.340. The van der Waals surface area contributed by atoms with Crippen molar-refractivity contribution in [2.24, 2.45) is 5.92 Å². The van der Waals surface area contributed by atoms with Crippen molar-refractivity contribution >= 4 is 0 Å². The summed E-state index contributed by atoms with van der Waals surface area (Å²) in [6.45, 7) is 8.28. The lowest BCUT2D eigenvalue weighted by molar-refractivity contribution is 0.142. The van der Waals surface area contributed by atoms with Gasteiger partial charge in [-0.1, -0.05) is 6.08 Å². The topological polar surface area (TPSA) is 32.3 Å². The molecule has 1 rings (SSSR count). The smallest absolute Gasteiger partial charge is 0.0613 e. The lowest BCUT2D eigenvalue weighted by Gasteiger charge is -2.32. The van der Waals surface area contributed by atoms with Crippen LogP contribution in [0.5, 0.6) is 0 Å². The van der Waals surface area contributed by atoms with Crippen molar-refractivity contribution in [1.82, 2.24) is 5.32 Å². The Labute approximate surface area is 87.4 Å². The van der Waals surface area contributed by atoms with E-state index < -0.39 is 0 Å². The zero-order chi connectivity index (χ0) is 10.6. The summed E-state index contributed by atoms with van der Waals surface area (Å²) in [5.74, 6) is 0.679. The van der Waals surface area contributed by atoms with E-state index in [2.05, 4.69) is 25.7 Å². The Kier molecular flexibility index (Phi) is 4.14. The van der Waals surface area contributed by atoms with Gasteiger partial charge in [-0.05, 0) is 45.4 Å². The van der Waals surface area contributed by atoms with E-state index in [1.54, 1.807) is 0 Å². The van der Waals surface area contributed by atoms with Gasteiger partial charge in [-0.25, -0.2) is 0 Å². The summed E-state index contributed by atoms with van der Waals surface area (Å²) in [4.78, 5) is 0. The van der Waals surface area contributed by atoms with E-state index in [1.165, 1.54) is 12.8 Å². The summed E-state index contributed by atoms with van der Waals surface area (Å²) in [5.41, 5.74) is -0.0550. The zero-order valence-electron chi connectivity index (χ0n) is 9.42. The van der Waals surface area contributed by atoms with Crippen LogP contribution in [0, 0.1) is 5.92 Å². The van der Waals surface area contributed by atoms with Gasteiger partial charge >= 0.3 is 0 Å². The predicted molar refractivity (Wildman–Crippen MR) is 60.2 cm³/mol. The SMILES string of the molecule is C=CCCC(C)NC(C)(CO)C1CC1. The molecule has 1 aliphatic carbocycles. The first-order chi connectivity index (χ1) is 6.62. The van der Waals surface area contributed by atoms with Crippen LogP contribution in [0.1, 0.15) is 39.5 Å². The van der Waals surface area contributed by atoms with Crippen LogP contribution in [0.15, 0.2) is 12.7 Å². The molecule has 0 heterocycles. The second-order valence-corrected chi connectivity index (χ2v) is 4.76. The number of aliphatic hydroxyl groups excluding tert-OH is 1. The third kappa shape index (κ3) is 3.10. The van der Waals surface area contributed by atoms with Crippen molar-refractivity contribution in [3.63, 3.8) is 0 Å². The van der Waals surface area contributed by atoms with E-state index in [0.717, 1.165) is 12.8 Å². The monoisotopic (exact) mass is 197 g/mol. The van der Waals surface area contributed by atoms with Crippen molar-refractivity contribution in [3.05, 3.63) is 12.7 Å². The van der Waals surface area contributed by atoms with Crippen molar-refractivity contribution < 1.29 is 5.11 Å². The molecule has 0 aromatic rings. The van der Waals surface area contributed by atoms with Gasteiger partial charge in [0.25, 0.3) is 0 Å². The molecule has 0 spiro atoms. The molecular weight excluding hydrogens is 174 g/mol. The molecule has 0 radical (unpaired) electrons. The van der Waals surface area contributed by atoms with E-state index in [9.17, 15) is 5.11 Å². The molecular formula is C12H23NO. The van der Waals surface area contributed by atoms with E-state index >= 15 is 0 Å². The molecule has 2 N–H and O–H groups in total. The molecule has 0 bridgehead atoms. The minimum absolute atomic E-state index is 0.0550. The van der Waals surface area contributed by atoms with Crippen LogP contribution in [0.4, 0.5) is 0 Å². The number of rotatable bonds is 7. The maximum absolute atomic E-state index is 9.39. The van der Waals surface area contributed by atoms with Crippen molar-refractivity contribution in [1.29, 1.82) is 0 Å². The molecule has 0 aromatic heterocycles. The number of allylic oxidation sites excluding steroid dienone is 1. The molecule has 2 unspecified atom stereocenters. The van der Waals surface area contributed by atoms with Gasteiger partial charge in [0.2, 0.25) is 0 Å². The van der Waals surface area contributed by atoms with E-state index in [0.29, 0.717) is 12.0 Å². The van der Waals surface area contributed by atoms with Crippen LogP contribution in [0.3, 0.4) is 0 Å². The minimum Gasteiger partial charge on any atom is -0.394 e. The Morgan fingerprint density at radius 2 is 2.29 bits per heavy atom. The average molecular weight is 197 g/mol. The van der Waals surface area contributed by atoms with Crippen LogP contribution in [-0.4, -0.2) is 23.3 Å². The highest BCUT2D eigenvalue weighted by atomic mass is 16.3. The van der Waals surface area contributed by atoms with Crippen LogP contribution in [0.25, 0.3) is 0 Å². The summed E-state index contributed by atoms with van der Waals surface area (Å²) in [6.07, 6.45) is 6.62. The van der Waals surface area contributed by atoms with E-state index in [-0.39, 0.29) is 12.1 Å². The number of aliphatic hydroxyl groups is 1. The molecule has 0 aliphatic heterocycles. The number of hydrogen-bond acceptors (Lipinski definition) is 2. The van der Waals surface area contributed by atoms with Crippen molar-refractivity contribution in [2.75, 3.05) is 6.61 Å². The summed E-state index contributed by atoms with van der Waals surface area (Å²) in [7, 11) is 0. The summed E-state index contributed by atoms with van der Waals surface area (Å²) in [6, 6.07) is 0.464. The largest absolute Gasteiger partial charge is 0.394 e. The summed E-state index contributed by atoms with van der Waals surface area (Å²) >= 11 is 0. The van der Waals surface area contributed by atoms with E-state index in [4.69, 9.17) is 0 Å². The van der Waals surface area contributed by atoms with E-state index in [1.807, 2.05) is 6.08 Å². The second-order valence-electron chi connectivity index (χ2n) is 4.76. The van der Waals surface area contributed by atoms with Crippen molar-refractivity contribution in [3.8, 4) is 0 Å². The molecule has 0 aromatic carbocycles. The standard InChI is InChI=1S/C12H23NO/c1-4-5-6-10(2)13-12(3,9-14)11-7-8-11/h4,10-11,13-14H,1,5-9H2,2-3H3. The zero-order valence-corrected chi connectivity index (χ0v) is 9.42. The maximum atomic E-state index is 9.39. The second kappa shape index (κ2) is 4.94. The Bertz CT molecular complexity index is 189. The molecule has 82 valence electrons. The summed E-state index contributed by atoms with van der Waals surface area (Å²) < 4.78 is 0. The van der Waals surface area contributed by atoms with Crippen LogP contribution in [-0.2, 0) is 0 Å². The average Bonchev–Trinajstić information content (AvgIpc) is 2.97. The highest BCUT2D eigenvalue weighted by Gasteiger charge is 2.41. The molecule has 1 fully saturated rings. The highest BCUT2D eigenvalue weighted by molar-refractivity contribution is 4.98. The predicted octanol–water partition coefficient (Wildman–Crippen LogP) is 2.09. The third-order valence-electron chi connectivity index (χ3n) is 3.19. The first-order valence-corrected chi connectivity index (χ1v) is 5.62. The number of hydrogen-bond donors (Lipinski definition) is 2. The van der Waals surface area contributed by atoms with Gasteiger partial charge < -0.3 is 10.4 Å². The van der Waals surface area contributed by atoms with Gasteiger partial charge in [0, 0.05) is 11.6 Å². The van der Waals surface area contributed by atoms with Crippen LogP contribution in [0.2, 0.25) is 0 Å². The Morgan fingerprint density at radius 1 is 1.64 bits per heavy atom. The molecule has 1 aliphatic rings. The van der Waals surface area contributed by atoms with Crippen LogP contribution < -0.4 is 5.32 Å². The van der Waals surface area contributed by atoms with Gasteiger partial charge in [-0.2, -0.15) is 0 Å². The fourth-order valence-corrected chi connectivity index (χ4v) is 2.02. The van der Waals surface area contributed by atoms with Gasteiger partial charge in [0.15, 0.2) is 0 Å². The third-order valence-corrected chi connectivity index (χ3v) is 3.19. The molecule has 2 atom stereocenters. The number of nitrogens with one attached hydrogen (secondary N) is 1.